The van der Waals surface area contributed by atoms with Crippen LogP contribution in [0.3, 0.4) is 0 Å². The molecule has 0 spiro atoms. The number of benzene rings is 1. The second-order valence-corrected chi connectivity index (χ2v) is 4.32. The number of fused-ring (bicyclic) bond motifs is 1. The van der Waals surface area contributed by atoms with Gasteiger partial charge in [0.25, 0.3) is 0 Å². The van der Waals surface area contributed by atoms with Crippen LogP contribution < -0.4 is 5.73 Å². The molecule has 0 aliphatic rings. The van der Waals surface area contributed by atoms with Gasteiger partial charge in [0.15, 0.2) is 0 Å². The number of anilines is 1. The lowest BCUT2D eigenvalue weighted by Crippen LogP contribution is -1.87. The van der Waals surface area contributed by atoms with E-state index in [1.54, 1.807) is 6.20 Å². The van der Waals surface area contributed by atoms with Crippen LogP contribution >= 0.6 is 0 Å². The Kier molecular flexibility index (Phi) is 1.98. The van der Waals surface area contributed by atoms with Crippen LogP contribution in [0.2, 0.25) is 0 Å². The number of para-hydroxylation sites is 1. The first kappa shape index (κ1) is 9.96. The number of nitrogens with zero attached hydrogens (tertiary/aromatic N) is 1. The van der Waals surface area contributed by atoms with Gasteiger partial charge in [-0.2, -0.15) is 5.10 Å². The van der Waals surface area contributed by atoms with Gasteiger partial charge in [-0.15, -0.1) is 0 Å². The van der Waals surface area contributed by atoms with Gasteiger partial charge in [0.2, 0.25) is 0 Å². The standard InChI is InChI=1S/C13H14N4/c1-7-4-3-5-9-11(8(2)16-12(7)9)13-10(14)6-15-17-13/h3-6,16H,14H2,1-2H3,(H,15,17). The van der Waals surface area contributed by atoms with E-state index in [0.29, 0.717) is 5.69 Å². The molecule has 0 radical (unpaired) electrons. The number of hydrogen-bond acceptors (Lipinski definition) is 2. The van der Waals surface area contributed by atoms with Gasteiger partial charge in [0, 0.05) is 22.2 Å². The van der Waals surface area contributed by atoms with Gasteiger partial charge in [0.1, 0.15) is 0 Å². The summed E-state index contributed by atoms with van der Waals surface area (Å²) in [6.07, 6.45) is 1.64. The van der Waals surface area contributed by atoms with E-state index in [4.69, 9.17) is 5.73 Å². The molecule has 1 aromatic carbocycles. The van der Waals surface area contributed by atoms with Crippen LogP contribution in [0.25, 0.3) is 22.2 Å². The Bertz CT molecular complexity index is 691. The van der Waals surface area contributed by atoms with Gasteiger partial charge >= 0.3 is 0 Å². The van der Waals surface area contributed by atoms with E-state index in [0.717, 1.165) is 22.5 Å². The Labute approximate surface area is 98.8 Å². The van der Waals surface area contributed by atoms with Crippen LogP contribution in [0.1, 0.15) is 11.3 Å². The first-order valence-corrected chi connectivity index (χ1v) is 5.55. The zero-order chi connectivity index (χ0) is 12.0. The summed E-state index contributed by atoms with van der Waals surface area (Å²) in [6, 6.07) is 6.25. The Morgan fingerprint density at radius 1 is 1.24 bits per heavy atom. The fourth-order valence-electron chi connectivity index (χ4n) is 2.31. The van der Waals surface area contributed by atoms with Crippen molar-refractivity contribution in [1.82, 2.24) is 15.2 Å². The molecule has 0 saturated heterocycles. The molecule has 0 amide bonds. The number of aromatic amines is 2. The third-order valence-electron chi connectivity index (χ3n) is 3.15. The highest BCUT2D eigenvalue weighted by atomic mass is 15.1. The molecule has 0 bridgehead atoms. The second kappa shape index (κ2) is 3.38. The molecule has 0 aliphatic heterocycles. The molecule has 0 aliphatic carbocycles. The lowest BCUT2D eigenvalue weighted by Gasteiger charge is -2.00. The summed E-state index contributed by atoms with van der Waals surface area (Å²) in [6.45, 7) is 4.15. The van der Waals surface area contributed by atoms with Crippen molar-refractivity contribution in [3.63, 3.8) is 0 Å². The highest BCUT2D eigenvalue weighted by molar-refractivity contribution is 6.00. The summed E-state index contributed by atoms with van der Waals surface area (Å²) in [5.41, 5.74) is 12.1. The number of hydrogen-bond donors (Lipinski definition) is 3. The molecule has 3 rings (SSSR count). The minimum absolute atomic E-state index is 0.676. The third-order valence-corrected chi connectivity index (χ3v) is 3.15. The van der Waals surface area contributed by atoms with Crippen molar-refractivity contribution in [2.24, 2.45) is 0 Å². The summed E-state index contributed by atoms with van der Waals surface area (Å²) in [4.78, 5) is 3.41. The molecule has 0 unspecified atom stereocenters. The molecule has 3 aromatic rings. The van der Waals surface area contributed by atoms with Crippen molar-refractivity contribution in [3.8, 4) is 11.3 Å². The molecule has 0 atom stereocenters. The van der Waals surface area contributed by atoms with Crippen molar-refractivity contribution < 1.29 is 0 Å². The lowest BCUT2D eigenvalue weighted by molar-refractivity contribution is 1.09. The Morgan fingerprint density at radius 2 is 2.06 bits per heavy atom. The predicted octanol–water partition coefficient (Wildman–Crippen LogP) is 2.76. The monoisotopic (exact) mass is 226 g/mol. The highest BCUT2D eigenvalue weighted by Gasteiger charge is 2.14. The quantitative estimate of drug-likeness (QED) is 0.597. The van der Waals surface area contributed by atoms with E-state index in [2.05, 4.69) is 47.2 Å². The van der Waals surface area contributed by atoms with Crippen molar-refractivity contribution in [2.75, 3.05) is 5.73 Å². The number of H-pyrrole nitrogens is 2. The fraction of sp³-hybridized carbons (Fsp3) is 0.154. The van der Waals surface area contributed by atoms with Gasteiger partial charge in [-0.05, 0) is 19.4 Å². The second-order valence-electron chi connectivity index (χ2n) is 4.32. The molecule has 4 nitrogen and oxygen atoms in total. The SMILES string of the molecule is Cc1[nH]c2c(C)cccc2c1-c1[nH]ncc1N. The van der Waals surface area contributed by atoms with Crippen LogP contribution in [0, 0.1) is 13.8 Å². The summed E-state index contributed by atoms with van der Waals surface area (Å²) in [5, 5.41) is 8.13. The topological polar surface area (TPSA) is 70.5 Å². The summed E-state index contributed by atoms with van der Waals surface area (Å²) in [7, 11) is 0. The largest absolute Gasteiger partial charge is 0.396 e. The molecule has 17 heavy (non-hydrogen) atoms. The minimum Gasteiger partial charge on any atom is -0.396 e. The Morgan fingerprint density at radius 3 is 2.76 bits per heavy atom. The molecule has 4 heteroatoms. The first-order valence-electron chi connectivity index (χ1n) is 5.55. The molecule has 2 heterocycles. The van der Waals surface area contributed by atoms with Crippen molar-refractivity contribution >= 4 is 16.6 Å². The van der Waals surface area contributed by atoms with Crippen LogP contribution in [0.5, 0.6) is 0 Å². The van der Waals surface area contributed by atoms with Crippen LogP contribution in [0.4, 0.5) is 5.69 Å². The molecular formula is C13H14N4. The van der Waals surface area contributed by atoms with E-state index >= 15 is 0 Å². The zero-order valence-electron chi connectivity index (χ0n) is 9.83. The van der Waals surface area contributed by atoms with Crippen molar-refractivity contribution in [2.45, 2.75) is 13.8 Å². The van der Waals surface area contributed by atoms with E-state index in [1.165, 1.54) is 10.9 Å². The van der Waals surface area contributed by atoms with Gasteiger partial charge in [-0.3, -0.25) is 5.10 Å². The maximum atomic E-state index is 5.92. The number of aromatic nitrogens is 3. The summed E-state index contributed by atoms with van der Waals surface area (Å²) >= 11 is 0. The van der Waals surface area contributed by atoms with Crippen molar-refractivity contribution in [3.05, 3.63) is 35.7 Å². The van der Waals surface area contributed by atoms with E-state index in [9.17, 15) is 0 Å². The lowest BCUT2D eigenvalue weighted by atomic mass is 10.1. The highest BCUT2D eigenvalue weighted by Crippen LogP contribution is 2.34. The van der Waals surface area contributed by atoms with Gasteiger partial charge < -0.3 is 10.7 Å². The third kappa shape index (κ3) is 1.34. The average molecular weight is 226 g/mol. The predicted molar refractivity (Wildman–Crippen MR) is 69.8 cm³/mol. The van der Waals surface area contributed by atoms with E-state index in [-0.39, 0.29) is 0 Å². The molecule has 4 N–H and O–H groups in total. The smallest absolute Gasteiger partial charge is 0.0904 e. The Balaban J connectivity index is 2.41. The molecule has 2 aromatic heterocycles. The molecule has 0 saturated carbocycles. The van der Waals surface area contributed by atoms with E-state index < -0.39 is 0 Å². The number of nitrogen functional groups attached to an aromatic ring is 1. The molecular weight excluding hydrogens is 212 g/mol. The maximum absolute atomic E-state index is 5.92. The van der Waals surface area contributed by atoms with Gasteiger partial charge in [-0.1, -0.05) is 18.2 Å². The van der Waals surface area contributed by atoms with E-state index in [1.807, 2.05) is 0 Å². The summed E-state index contributed by atoms with van der Waals surface area (Å²) < 4.78 is 0. The average Bonchev–Trinajstić information content (AvgIpc) is 2.83. The van der Waals surface area contributed by atoms with Gasteiger partial charge in [0.05, 0.1) is 17.6 Å². The maximum Gasteiger partial charge on any atom is 0.0904 e. The van der Waals surface area contributed by atoms with Crippen LogP contribution in [-0.4, -0.2) is 15.2 Å². The van der Waals surface area contributed by atoms with Crippen molar-refractivity contribution in [1.29, 1.82) is 0 Å². The molecule has 0 fully saturated rings. The number of nitrogens with one attached hydrogen (secondary N) is 2. The Hall–Kier alpha value is -2.23. The summed E-state index contributed by atoms with van der Waals surface area (Å²) in [5.74, 6) is 0. The normalized spacial score (nSPS) is 11.2. The first-order chi connectivity index (χ1) is 8.18. The number of nitrogens with two attached hydrogens (primary N) is 1. The fourth-order valence-corrected chi connectivity index (χ4v) is 2.31. The molecule has 86 valence electrons. The number of rotatable bonds is 1. The number of aryl methyl sites for hydroxylation is 2. The van der Waals surface area contributed by atoms with Crippen LogP contribution in [-0.2, 0) is 0 Å². The van der Waals surface area contributed by atoms with Gasteiger partial charge in [-0.25, -0.2) is 0 Å². The van der Waals surface area contributed by atoms with Crippen LogP contribution in [0.15, 0.2) is 24.4 Å². The minimum atomic E-state index is 0.676. The zero-order valence-corrected chi connectivity index (χ0v) is 9.83.